The summed E-state index contributed by atoms with van der Waals surface area (Å²) in [5.41, 5.74) is 0.710. The number of ether oxygens (including phenoxy) is 3. The number of anilines is 1. The number of amides is 2. The molecule has 0 radical (unpaired) electrons. The van der Waals surface area contributed by atoms with Crippen LogP contribution in [0.25, 0.3) is 0 Å². The van der Waals surface area contributed by atoms with Crippen molar-refractivity contribution in [3.8, 4) is 11.5 Å². The van der Waals surface area contributed by atoms with Crippen molar-refractivity contribution >= 4 is 11.7 Å². The van der Waals surface area contributed by atoms with Gasteiger partial charge in [0.2, 0.25) is 0 Å². The van der Waals surface area contributed by atoms with Crippen molar-refractivity contribution in [1.29, 1.82) is 0 Å². The van der Waals surface area contributed by atoms with Gasteiger partial charge in [0.1, 0.15) is 13.2 Å². The molecule has 6 heteroatoms. The average Bonchev–Trinajstić information content (AvgIpc) is 2.60. The topological polar surface area (TPSA) is 60.0 Å². The molecule has 2 aliphatic heterocycles. The smallest absolute Gasteiger partial charge is 0.321 e. The van der Waals surface area contributed by atoms with Crippen molar-refractivity contribution < 1.29 is 19.0 Å². The van der Waals surface area contributed by atoms with Gasteiger partial charge in [0.15, 0.2) is 11.5 Å². The first kappa shape index (κ1) is 15.9. The van der Waals surface area contributed by atoms with Gasteiger partial charge in [0.25, 0.3) is 0 Å². The fourth-order valence-corrected chi connectivity index (χ4v) is 2.88. The number of carbonyl (C=O) groups excluding carboxylic acids is 1. The molecule has 2 heterocycles. The predicted octanol–water partition coefficient (Wildman–Crippen LogP) is 2.88. The van der Waals surface area contributed by atoms with Gasteiger partial charge in [-0.1, -0.05) is 0 Å². The molecular weight excluding hydrogens is 296 g/mol. The number of nitrogens with zero attached hydrogens (tertiary/aromatic N) is 1. The summed E-state index contributed by atoms with van der Waals surface area (Å²) in [5.74, 6) is 1.39. The van der Waals surface area contributed by atoms with Crippen molar-refractivity contribution in [1.82, 2.24) is 4.90 Å². The van der Waals surface area contributed by atoms with Crippen molar-refractivity contribution in [2.75, 3.05) is 38.2 Å². The van der Waals surface area contributed by atoms with Crippen molar-refractivity contribution in [2.45, 2.75) is 32.3 Å². The van der Waals surface area contributed by atoms with E-state index in [-0.39, 0.29) is 12.1 Å². The van der Waals surface area contributed by atoms with Crippen LogP contribution in [0, 0.1) is 0 Å². The Kier molecular flexibility index (Phi) is 5.23. The second kappa shape index (κ2) is 7.55. The number of rotatable bonds is 4. The van der Waals surface area contributed by atoms with E-state index in [1.807, 2.05) is 19.1 Å². The summed E-state index contributed by atoms with van der Waals surface area (Å²) < 4.78 is 16.8. The van der Waals surface area contributed by atoms with Crippen LogP contribution in [-0.2, 0) is 4.74 Å². The fraction of sp³-hybridized carbons (Fsp3) is 0.588. The first-order chi connectivity index (χ1) is 11.3. The summed E-state index contributed by atoms with van der Waals surface area (Å²) in [6.45, 7) is 5.15. The Morgan fingerprint density at radius 1 is 1.22 bits per heavy atom. The molecule has 2 aliphatic rings. The third-order valence-corrected chi connectivity index (χ3v) is 4.16. The van der Waals surface area contributed by atoms with Crippen LogP contribution >= 0.6 is 0 Å². The van der Waals surface area contributed by atoms with E-state index in [4.69, 9.17) is 14.2 Å². The van der Waals surface area contributed by atoms with E-state index in [1.54, 1.807) is 11.0 Å². The minimum Gasteiger partial charge on any atom is -0.486 e. The zero-order chi connectivity index (χ0) is 16.1. The number of likely N-dealkylation sites (N-methyl/N-ethyl adjacent to an activating group) is 1. The molecule has 1 atom stereocenters. The number of hydrogen-bond donors (Lipinski definition) is 1. The number of benzene rings is 1. The number of hydrogen-bond acceptors (Lipinski definition) is 4. The van der Waals surface area contributed by atoms with Gasteiger partial charge < -0.3 is 24.4 Å². The van der Waals surface area contributed by atoms with Crippen molar-refractivity contribution in [3.05, 3.63) is 18.2 Å². The van der Waals surface area contributed by atoms with Crippen molar-refractivity contribution in [2.24, 2.45) is 0 Å². The lowest BCUT2D eigenvalue weighted by Crippen LogP contribution is -2.41. The van der Waals surface area contributed by atoms with E-state index in [9.17, 15) is 4.79 Å². The molecule has 126 valence electrons. The third-order valence-electron chi connectivity index (χ3n) is 4.16. The van der Waals surface area contributed by atoms with E-state index in [0.29, 0.717) is 37.7 Å². The second-order valence-corrected chi connectivity index (χ2v) is 5.82. The second-order valence-electron chi connectivity index (χ2n) is 5.82. The van der Waals surface area contributed by atoms with Gasteiger partial charge in [-0.3, -0.25) is 0 Å². The molecule has 1 unspecified atom stereocenters. The molecule has 1 fully saturated rings. The number of nitrogens with one attached hydrogen (secondary N) is 1. The molecular formula is C17H24N2O4. The molecule has 1 aromatic rings. The molecule has 6 nitrogen and oxygen atoms in total. The van der Waals surface area contributed by atoms with Gasteiger partial charge in [-0.05, 0) is 38.3 Å². The van der Waals surface area contributed by atoms with E-state index in [2.05, 4.69) is 5.32 Å². The summed E-state index contributed by atoms with van der Waals surface area (Å²) in [6, 6.07) is 5.34. The highest BCUT2D eigenvalue weighted by molar-refractivity contribution is 5.89. The molecule has 0 aliphatic carbocycles. The molecule has 2 amide bonds. The molecule has 1 N–H and O–H groups in total. The Bertz CT molecular complexity index is 543. The van der Waals surface area contributed by atoms with Gasteiger partial charge in [0, 0.05) is 31.5 Å². The van der Waals surface area contributed by atoms with Crippen LogP contribution < -0.4 is 14.8 Å². The lowest BCUT2D eigenvalue weighted by atomic mass is 10.1. The molecule has 3 rings (SSSR count). The van der Waals surface area contributed by atoms with Crippen LogP contribution in [0.15, 0.2) is 18.2 Å². The number of carbonyl (C=O) groups is 1. The molecule has 1 aromatic carbocycles. The SMILES string of the molecule is CCN(CC1CCCCO1)C(=O)Nc1ccc2c(c1)OCCO2. The third kappa shape index (κ3) is 4.07. The molecule has 0 bridgehead atoms. The highest BCUT2D eigenvalue weighted by Crippen LogP contribution is 2.32. The molecule has 0 spiro atoms. The van der Waals surface area contributed by atoms with Gasteiger partial charge in [0.05, 0.1) is 6.10 Å². The zero-order valence-electron chi connectivity index (χ0n) is 13.5. The summed E-state index contributed by atoms with van der Waals surface area (Å²) >= 11 is 0. The van der Waals surface area contributed by atoms with E-state index < -0.39 is 0 Å². The summed E-state index contributed by atoms with van der Waals surface area (Å²) in [7, 11) is 0. The van der Waals surface area contributed by atoms with E-state index in [0.717, 1.165) is 25.2 Å². The van der Waals surface area contributed by atoms with Crippen LogP contribution in [0.1, 0.15) is 26.2 Å². The first-order valence-electron chi connectivity index (χ1n) is 8.33. The Hall–Kier alpha value is -1.95. The molecule has 1 saturated heterocycles. The van der Waals surface area contributed by atoms with Crippen LogP contribution in [0.5, 0.6) is 11.5 Å². The highest BCUT2D eigenvalue weighted by atomic mass is 16.6. The van der Waals surface area contributed by atoms with Gasteiger partial charge in [-0.15, -0.1) is 0 Å². The molecule has 0 aromatic heterocycles. The van der Waals surface area contributed by atoms with Gasteiger partial charge in [-0.2, -0.15) is 0 Å². The van der Waals surface area contributed by atoms with Crippen LogP contribution in [0.2, 0.25) is 0 Å². The van der Waals surface area contributed by atoms with Crippen LogP contribution in [0.3, 0.4) is 0 Å². The summed E-state index contributed by atoms with van der Waals surface area (Å²) in [6.07, 6.45) is 3.46. The fourth-order valence-electron chi connectivity index (χ4n) is 2.88. The standard InChI is InChI=1S/C17H24N2O4/c1-2-19(12-14-5-3-4-8-21-14)17(20)18-13-6-7-15-16(11-13)23-10-9-22-15/h6-7,11,14H,2-5,8-10,12H2,1H3,(H,18,20). The Morgan fingerprint density at radius 3 is 2.78 bits per heavy atom. The number of urea groups is 1. The lowest BCUT2D eigenvalue weighted by Gasteiger charge is -2.29. The normalized spacial score (nSPS) is 20.0. The average molecular weight is 320 g/mol. The summed E-state index contributed by atoms with van der Waals surface area (Å²) in [4.78, 5) is 14.3. The van der Waals surface area contributed by atoms with Gasteiger partial charge in [-0.25, -0.2) is 4.79 Å². The van der Waals surface area contributed by atoms with Crippen molar-refractivity contribution in [3.63, 3.8) is 0 Å². The largest absolute Gasteiger partial charge is 0.486 e. The molecule has 0 saturated carbocycles. The number of fused-ring (bicyclic) bond motifs is 1. The monoisotopic (exact) mass is 320 g/mol. The summed E-state index contributed by atoms with van der Waals surface area (Å²) in [5, 5.41) is 2.93. The lowest BCUT2D eigenvalue weighted by molar-refractivity contribution is 0.00221. The predicted molar refractivity (Wildman–Crippen MR) is 87.3 cm³/mol. The molecule has 23 heavy (non-hydrogen) atoms. The van der Waals surface area contributed by atoms with Gasteiger partial charge >= 0.3 is 6.03 Å². The van der Waals surface area contributed by atoms with Crippen LogP contribution in [0.4, 0.5) is 10.5 Å². The Morgan fingerprint density at radius 2 is 2.04 bits per heavy atom. The zero-order valence-corrected chi connectivity index (χ0v) is 13.5. The maximum Gasteiger partial charge on any atom is 0.321 e. The van der Waals surface area contributed by atoms with E-state index >= 15 is 0 Å². The maximum absolute atomic E-state index is 12.5. The van der Waals surface area contributed by atoms with E-state index in [1.165, 1.54) is 6.42 Å². The quantitative estimate of drug-likeness (QED) is 0.927. The highest BCUT2D eigenvalue weighted by Gasteiger charge is 2.21. The minimum absolute atomic E-state index is 0.113. The Balaban J connectivity index is 1.60. The van der Waals surface area contributed by atoms with Crippen LogP contribution in [-0.4, -0.2) is 49.9 Å². The minimum atomic E-state index is -0.113. The Labute approximate surface area is 136 Å². The first-order valence-corrected chi connectivity index (χ1v) is 8.33. The maximum atomic E-state index is 12.5.